The van der Waals surface area contributed by atoms with E-state index in [1.165, 1.54) is 12.8 Å². The van der Waals surface area contributed by atoms with E-state index in [0.717, 1.165) is 12.8 Å². The molecule has 1 aliphatic carbocycles. The zero-order valence-corrected chi connectivity index (χ0v) is 8.91. The maximum Gasteiger partial charge on any atom is 0.234 e. The van der Waals surface area contributed by atoms with Crippen molar-refractivity contribution in [3.63, 3.8) is 0 Å². The summed E-state index contributed by atoms with van der Waals surface area (Å²) in [6.07, 6.45) is 4.73. The van der Waals surface area contributed by atoms with Gasteiger partial charge in [0, 0.05) is 6.04 Å². The van der Waals surface area contributed by atoms with Crippen LogP contribution in [0.1, 0.15) is 25.7 Å². The normalized spacial score (nSPS) is 17.3. The first kappa shape index (κ1) is 12.4. The van der Waals surface area contributed by atoms with Crippen molar-refractivity contribution in [1.29, 1.82) is 0 Å². The Morgan fingerprint density at radius 1 is 1.27 bits per heavy atom. The molecule has 0 spiro atoms. The highest BCUT2D eigenvalue weighted by atomic mass is 16.3. The number of aliphatic hydroxyl groups excluding tert-OH is 2. The average molecular weight is 216 g/mol. The molecule has 0 heterocycles. The highest BCUT2D eigenvalue weighted by Gasteiger charge is 2.16. The number of hydrogen-bond acceptors (Lipinski definition) is 4. The number of carbonyl (C=O) groups is 1. The van der Waals surface area contributed by atoms with Crippen molar-refractivity contribution in [1.82, 2.24) is 10.6 Å². The van der Waals surface area contributed by atoms with E-state index in [0.29, 0.717) is 6.04 Å². The Morgan fingerprint density at radius 2 is 1.87 bits per heavy atom. The molecule has 0 aromatic rings. The van der Waals surface area contributed by atoms with Gasteiger partial charge in [0.15, 0.2) is 0 Å². The SMILES string of the molecule is O=C(CNC1CCCC1)NC(CO)CO. The summed E-state index contributed by atoms with van der Waals surface area (Å²) < 4.78 is 0. The van der Waals surface area contributed by atoms with E-state index < -0.39 is 6.04 Å². The number of hydrogen-bond donors (Lipinski definition) is 4. The van der Waals surface area contributed by atoms with Gasteiger partial charge in [-0.25, -0.2) is 0 Å². The van der Waals surface area contributed by atoms with E-state index in [1.807, 2.05) is 0 Å². The number of rotatable bonds is 6. The molecule has 0 bridgehead atoms. The topological polar surface area (TPSA) is 81.6 Å². The molecule has 0 atom stereocenters. The zero-order valence-electron chi connectivity index (χ0n) is 8.91. The molecule has 1 rings (SSSR count). The molecule has 0 aromatic carbocycles. The molecule has 0 unspecified atom stereocenters. The lowest BCUT2D eigenvalue weighted by atomic mass is 10.2. The highest BCUT2D eigenvalue weighted by molar-refractivity contribution is 5.78. The maximum atomic E-state index is 11.3. The van der Waals surface area contributed by atoms with Crippen molar-refractivity contribution in [3.05, 3.63) is 0 Å². The Bertz CT molecular complexity index is 189. The molecule has 1 aliphatic rings. The molecule has 1 amide bonds. The first-order valence-electron chi connectivity index (χ1n) is 5.50. The van der Waals surface area contributed by atoms with Gasteiger partial charge in [-0.15, -0.1) is 0 Å². The van der Waals surface area contributed by atoms with Gasteiger partial charge in [-0.3, -0.25) is 4.79 Å². The van der Waals surface area contributed by atoms with Crippen LogP contribution in [0.15, 0.2) is 0 Å². The molecular formula is C10H20N2O3. The smallest absolute Gasteiger partial charge is 0.234 e. The third-order valence-electron chi connectivity index (χ3n) is 2.71. The summed E-state index contributed by atoms with van der Waals surface area (Å²) >= 11 is 0. The zero-order chi connectivity index (χ0) is 11.1. The lowest BCUT2D eigenvalue weighted by Crippen LogP contribution is -2.45. The van der Waals surface area contributed by atoms with Gasteiger partial charge in [-0.2, -0.15) is 0 Å². The predicted molar refractivity (Wildman–Crippen MR) is 56.4 cm³/mol. The van der Waals surface area contributed by atoms with Gasteiger partial charge in [-0.1, -0.05) is 12.8 Å². The molecule has 15 heavy (non-hydrogen) atoms. The molecule has 0 radical (unpaired) electrons. The maximum absolute atomic E-state index is 11.3. The van der Waals surface area contributed by atoms with E-state index in [9.17, 15) is 4.79 Å². The van der Waals surface area contributed by atoms with Crippen LogP contribution in [0.2, 0.25) is 0 Å². The lowest BCUT2D eigenvalue weighted by Gasteiger charge is -2.15. The summed E-state index contributed by atoms with van der Waals surface area (Å²) in [6, 6.07) is -0.0830. The minimum Gasteiger partial charge on any atom is -0.394 e. The van der Waals surface area contributed by atoms with Crippen molar-refractivity contribution >= 4 is 5.91 Å². The van der Waals surface area contributed by atoms with Crippen LogP contribution in [-0.2, 0) is 4.79 Å². The van der Waals surface area contributed by atoms with Gasteiger partial charge in [0.05, 0.1) is 25.8 Å². The summed E-state index contributed by atoms with van der Waals surface area (Å²) in [4.78, 5) is 11.3. The van der Waals surface area contributed by atoms with E-state index >= 15 is 0 Å². The second kappa shape index (κ2) is 6.76. The van der Waals surface area contributed by atoms with Gasteiger partial charge >= 0.3 is 0 Å². The fourth-order valence-electron chi connectivity index (χ4n) is 1.79. The summed E-state index contributed by atoms with van der Waals surface area (Å²) in [6.45, 7) is -0.196. The molecule has 0 aromatic heterocycles. The van der Waals surface area contributed by atoms with Crippen molar-refractivity contribution < 1.29 is 15.0 Å². The van der Waals surface area contributed by atoms with Gasteiger partial charge in [0.2, 0.25) is 5.91 Å². The van der Waals surface area contributed by atoms with Crippen molar-refractivity contribution in [3.8, 4) is 0 Å². The van der Waals surface area contributed by atoms with Crippen molar-refractivity contribution in [2.24, 2.45) is 0 Å². The Labute approximate surface area is 89.9 Å². The molecular weight excluding hydrogens is 196 g/mol. The van der Waals surface area contributed by atoms with Crippen LogP contribution in [0.4, 0.5) is 0 Å². The van der Waals surface area contributed by atoms with Gasteiger partial charge in [0.25, 0.3) is 0 Å². The number of aliphatic hydroxyl groups is 2. The molecule has 1 fully saturated rings. The largest absolute Gasteiger partial charge is 0.394 e. The molecule has 0 saturated heterocycles. The molecule has 5 nitrogen and oxygen atoms in total. The monoisotopic (exact) mass is 216 g/mol. The number of amides is 1. The predicted octanol–water partition coefficient (Wildman–Crippen LogP) is -1.01. The summed E-state index contributed by atoms with van der Waals surface area (Å²) in [5, 5.41) is 23.2. The first-order valence-corrected chi connectivity index (χ1v) is 5.50. The van der Waals surface area contributed by atoms with E-state index in [4.69, 9.17) is 10.2 Å². The highest BCUT2D eigenvalue weighted by Crippen LogP contribution is 2.17. The minimum atomic E-state index is -0.539. The molecule has 88 valence electrons. The van der Waals surface area contributed by atoms with Crippen molar-refractivity contribution in [2.75, 3.05) is 19.8 Å². The molecule has 5 heteroatoms. The fourth-order valence-corrected chi connectivity index (χ4v) is 1.79. The van der Waals surface area contributed by atoms with Crippen LogP contribution in [0.3, 0.4) is 0 Å². The molecule has 1 saturated carbocycles. The Morgan fingerprint density at radius 3 is 2.40 bits per heavy atom. The van der Waals surface area contributed by atoms with E-state index in [1.54, 1.807) is 0 Å². The number of carbonyl (C=O) groups excluding carboxylic acids is 1. The van der Waals surface area contributed by atoms with Crippen LogP contribution in [0.5, 0.6) is 0 Å². The van der Waals surface area contributed by atoms with Gasteiger partial charge in [-0.05, 0) is 12.8 Å². The van der Waals surface area contributed by atoms with Gasteiger partial charge in [0.1, 0.15) is 0 Å². The first-order chi connectivity index (χ1) is 7.26. The summed E-state index contributed by atoms with van der Waals surface area (Å²) in [5.41, 5.74) is 0. The third-order valence-corrected chi connectivity index (χ3v) is 2.71. The van der Waals surface area contributed by atoms with E-state index in [2.05, 4.69) is 10.6 Å². The lowest BCUT2D eigenvalue weighted by molar-refractivity contribution is -0.121. The standard InChI is InChI=1S/C10H20N2O3/c13-6-9(7-14)12-10(15)5-11-8-3-1-2-4-8/h8-9,11,13-14H,1-7H2,(H,12,15). The second-order valence-corrected chi connectivity index (χ2v) is 3.99. The van der Waals surface area contributed by atoms with Gasteiger partial charge < -0.3 is 20.8 Å². The van der Waals surface area contributed by atoms with Crippen LogP contribution in [-0.4, -0.2) is 48.0 Å². The Kier molecular flexibility index (Phi) is 5.60. The van der Waals surface area contributed by atoms with Crippen molar-refractivity contribution in [2.45, 2.75) is 37.8 Å². The third kappa shape index (κ3) is 4.59. The fraction of sp³-hybridized carbons (Fsp3) is 0.900. The Balaban J connectivity index is 2.11. The van der Waals surface area contributed by atoms with Crippen LogP contribution < -0.4 is 10.6 Å². The quantitative estimate of drug-likeness (QED) is 0.458. The van der Waals surface area contributed by atoms with Crippen LogP contribution in [0, 0.1) is 0 Å². The Hall–Kier alpha value is -0.650. The second-order valence-electron chi connectivity index (χ2n) is 3.99. The van der Waals surface area contributed by atoms with Crippen LogP contribution in [0.25, 0.3) is 0 Å². The van der Waals surface area contributed by atoms with Crippen LogP contribution >= 0.6 is 0 Å². The molecule has 0 aliphatic heterocycles. The number of nitrogens with one attached hydrogen (secondary N) is 2. The average Bonchev–Trinajstić information content (AvgIpc) is 2.75. The summed E-state index contributed by atoms with van der Waals surface area (Å²) in [7, 11) is 0. The van der Waals surface area contributed by atoms with E-state index in [-0.39, 0.29) is 25.7 Å². The minimum absolute atomic E-state index is 0.171. The molecule has 4 N–H and O–H groups in total. The summed E-state index contributed by atoms with van der Waals surface area (Å²) in [5.74, 6) is -0.171.